The van der Waals surface area contributed by atoms with Gasteiger partial charge in [0.05, 0.1) is 15.9 Å². The molecule has 46 heavy (non-hydrogen) atoms. The molecule has 2 aliphatic heterocycles. The van der Waals surface area contributed by atoms with Crippen LogP contribution < -0.4 is 19.3 Å². The molecule has 12 heteroatoms. The molecule has 242 valence electrons. The third-order valence-corrected chi connectivity index (χ3v) is 9.98. The Morgan fingerprint density at radius 3 is 1.57 bits per heavy atom. The summed E-state index contributed by atoms with van der Waals surface area (Å²) in [5, 5.41) is 3.47. The normalized spacial score (nSPS) is 20.1. The van der Waals surface area contributed by atoms with Crippen LogP contribution in [0.4, 0.5) is 37.7 Å². The highest BCUT2D eigenvalue weighted by atomic mass is 79.9. The zero-order valence-electron chi connectivity index (χ0n) is 24.7. The number of rotatable bonds is 2. The predicted molar refractivity (Wildman–Crippen MR) is 176 cm³/mol. The SMILES string of the molecule is BrC1=C(N2COc3cccc4cccc2c34)CCC1.CC.FC1(F)C(Br)=C(N2COc3cccc4cccc2c34)C(F)(F)C1(F)F. The Balaban J connectivity index is 0.000000158. The van der Waals surface area contributed by atoms with Gasteiger partial charge < -0.3 is 19.3 Å². The number of allylic oxidation sites excluding steroid dienone is 4. The van der Waals surface area contributed by atoms with E-state index in [0.717, 1.165) is 18.6 Å². The maximum atomic E-state index is 14.3. The predicted octanol–water partition coefficient (Wildman–Crippen LogP) is 11.3. The highest BCUT2D eigenvalue weighted by molar-refractivity contribution is 9.12. The lowest BCUT2D eigenvalue weighted by Crippen LogP contribution is -2.51. The number of halogens is 8. The molecular formula is C34H28Br2F6N2O2. The topological polar surface area (TPSA) is 24.9 Å². The number of hydrogen-bond acceptors (Lipinski definition) is 4. The monoisotopic (exact) mass is 768 g/mol. The summed E-state index contributed by atoms with van der Waals surface area (Å²) in [7, 11) is 0. The minimum absolute atomic E-state index is 0.0967. The molecule has 0 bridgehead atoms. The molecule has 4 nitrogen and oxygen atoms in total. The fraction of sp³-hybridized carbons (Fsp3) is 0.294. The smallest absolute Gasteiger partial charge is 0.382 e. The third-order valence-electron chi connectivity index (χ3n) is 8.26. The number of anilines is 2. The highest BCUT2D eigenvalue weighted by Gasteiger charge is 2.81. The van der Waals surface area contributed by atoms with Gasteiger partial charge in [0.25, 0.3) is 0 Å². The van der Waals surface area contributed by atoms with E-state index in [4.69, 9.17) is 9.47 Å². The Bertz CT molecular complexity index is 1880. The summed E-state index contributed by atoms with van der Waals surface area (Å²) in [6, 6.07) is 22.3. The standard InChI is InChI=1S/C16H8BrF6NO.C16H14BrNO.C2H6/c17-12-13(15(20,21)16(22,23)14(12,18)19)24-7-25-10-6-2-4-8-3-1-5-9(24)11(8)10;17-12-6-3-7-13(12)18-10-19-15-9-2-5-11-4-1-8-14(18)16(11)15;1-2/h1-6H,7H2;1-2,4-5,8-9H,3,6-7,10H2;1-2H3. The molecule has 8 rings (SSSR count). The van der Waals surface area contributed by atoms with Gasteiger partial charge in [0.2, 0.25) is 0 Å². The van der Waals surface area contributed by atoms with Crippen LogP contribution in [0, 0.1) is 0 Å². The molecule has 0 amide bonds. The van der Waals surface area contributed by atoms with Crippen LogP contribution in [0.15, 0.2) is 93.2 Å². The van der Waals surface area contributed by atoms with Crippen molar-refractivity contribution in [1.82, 2.24) is 0 Å². The van der Waals surface area contributed by atoms with Gasteiger partial charge in [0, 0.05) is 21.0 Å². The second-order valence-electron chi connectivity index (χ2n) is 10.8. The van der Waals surface area contributed by atoms with Crippen LogP contribution in [-0.4, -0.2) is 31.2 Å². The largest absolute Gasteiger partial charge is 0.472 e. The number of benzene rings is 4. The third kappa shape index (κ3) is 4.85. The number of ether oxygens (including phenoxy) is 2. The Morgan fingerprint density at radius 1 is 0.630 bits per heavy atom. The van der Waals surface area contributed by atoms with Crippen LogP contribution in [0.5, 0.6) is 11.5 Å². The van der Waals surface area contributed by atoms with Crippen LogP contribution in [0.3, 0.4) is 0 Å². The summed E-state index contributed by atoms with van der Waals surface area (Å²) in [5.74, 6) is -14.3. The van der Waals surface area contributed by atoms with Crippen LogP contribution in [0.1, 0.15) is 33.1 Å². The van der Waals surface area contributed by atoms with Crippen LogP contribution in [0.2, 0.25) is 0 Å². The summed E-state index contributed by atoms with van der Waals surface area (Å²) in [4.78, 5) is 2.97. The molecule has 4 aliphatic rings. The van der Waals surface area contributed by atoms with E-state index in [9.17, 15) is 26.3 Å². The average Bonchev–Trinajstić information content (AvgIpc) is 3.52. The van der Waals surface area contributed by atoms with Gasteiger partial charge in [-0.05, 0) is 70.2 Å². The number of nitrogens with zero attached hydrogens (tertiary/aromatic N) is 2. The first-order valence-corrected chi connectivity index (χ1v) is 16.3. The van der Waals surface area contributed by atoms with Crippen molar-refractivity contribution in [1.29, 1.82) is 0 Å². The molecule has 0 spiro atoms. The molecule has 0 unspecified atom stereocenters. The molecule has 2 aliphatic carbocycles. The fourth-order valence-corrected chi connectivity index (χ4v) is 7.52. The Kier molecular flexibility index (Phi) is 8.50. The second-order valence-corrected chi connectivity index (χ2v) is 12.5. The minimum Gasteiger partial charge on any atom is -0.472 e. The van der Waals surface area contributed by atoms with Crippen LogP contribution in [0.25, 0.3) is 21.5 Å². The van der Waals surface area contributed by atoms with Crippen LogP contribution >= 0.6 is 31.9 Å². The second kappa shape index (κ2) is 12.0. The number of alkyl halides is 6. The van der Waals surface area contributed by atoms with E-state index >= 15 is 0 Å². The zero-order valence-corrected chi connectivity index (χ0v) is 27.9. The van der Waals surface area contributed by atoms with Gasteiger partial charge in [-0.2, -0.15) is 26.3 Å². The molecule has 0 saturated heterocycles. The van der Waals surface area contributed by atoms with E-state index in [1.807, 2.05) is 13.8 Å². The molecule has 0 saturated carbocycles. The van der Waals surface area contributed by atoms with Crippen molar-refractivity contribution in [3.8, 4) is 11.5 Å². The molecular weight excluding hydrogens is 742 g/mol. The van der Waals surface area contributed by atoms with Gasteiger partial charge in [0.15, 0.2) is 13.5 Å². The van der Waals surface area contributed by atoms with Gasteiger partial charge in [-0.25, -0.2) is 0 Å². The Labute approximate surface area is 278 Å². The van der Waals surface area contributed by atoms with Crippen molar-refractivity contribution in [3.63, 3.8) is 0 Å². The molecule has 4 aromatic rings. The summed E-state index contributed by atoms with van der Waals surface area (Å²) in [6.07, 6.45) is 3.50. The van der Waals surface area contributed by atoms with Crippen molar-refractivity contribution < 1.29 is 35.8 Å². The highest BCUT2D eigenvalue weighted by Crippen LogP contribution is 2.62. The van der Waals surface area contributed by atoms with E-state index in [1.54, 1.807) is 24.3 Å². The van der Waals surface area contributed by atoms with E-state index in [2.05, 4.69) is 73.2 Å². The average molecular weight is 770 g/mol. The van der Waals surface area contributed by atoms with Crippen molar-refractivity contribution in [2.45, 2.75) is 50.9 Å². The molecule has 0 fully saturated rings. The summed E-state index contributed by atoms with van der Waals surface area (Å²) in [5.41, 5.74) is 1.25. The van der Waals surface area contributed by atoms with Crippen molar-refractivity contribution in [2.75, 3.05) is 23.3 Å². The molecule has 0 atom stereocenters. The van der Waals surface area contributed by atoms with Gasteiger partial charge in [-0.1, -0.05) is 78.3 Å². The fourth-order valence-electron chi connectivity index (χ4n) is 6.11. The lowest BCUT2D eigenvalue weighted by molar-refractivity contribution is -0.263. The van der Waals surface area contributed by atoms with E-state index < -0.39 is 34.7 Å². The van der Waals surface area contributed by atoms with E-state index in [1.165, 1.54) is 45.2 Å². The lowest BCUT2D eigenvalue weighted by atomic mass is 10.0. The van der Waals surface area contributed by atoms with Gasteiger partial charge in [0.1, 0.15) is 17.2 Å². The maximum absolute atomic E-state index is 14.3. The first kappa shape index (κ1) is 32.6. The molecule has 0 N–H and O–H groups in total. The van der Waals surface area contributed by atoms with Crippen molar-refractivity contribution in [2.24, 2.45) is 0 Å². The van der Waals surface area contributed by atoms with Crippen molar-refractivity contribution in [3.05, 3.63) is 93.2 Å². The molecule has 0 aromatic heterocycles. The maximum Gasteiger partial charge on any atom is 0.382 e. The summed E-state index contributed by atoms with van der Waals surface area (Å²) < 4.78 is 94.6. The number of hydrogen-bond donors (Lipinski definition) is 0. The van der Waals surface area contributed by atoms with E-state index in [0.29, 0.717) is 28.2 Å². The Hall–Kier alpha value is -3.38. The quantitative estimate of drug-likeness (QED) is 0.190. The molecule has 2 heterocycles. The van der Waals surface area contributed by atoms with Gasteiger partial charge >= 0.3 is 17.8 Å². The van der Waals surface area contributed by atoms with Crippen LogP contribution in [-0.2, 0) is 0 Å². The summed E-state index contributed by atoms with van der Waals surface area (Å²) >= 11 is 5.98. The first-order chi connectivity index (χ1) is 21.9. The minimum atomic E-state index is -5.56. The first-order valence-electron chi connectivity index (χ1n) is 14.7. The molecule has 0 radical (unpaired) electrons. The molecule has 4 aromatic carbocycles. The van der Waals surface area contributed by atoms with Crippen molar-refractivity contribution >= 4 is 64.8 Å². The Morgan fingerprint density at radius 2 is 1.11 bits per heavy atom. The summed E-state index contributed by atoms with van der Waals surface area (Å²) in [6.45, 7) is 4.02. The zero-order chi connectivity index (χ0) is 33.0. The lowest BCUT2D eigenvalue weighted by Gasteiger charge is -2.35. The van der Waals surface area contributed by atoms with Gasteiger partial charge in [-0.15, -0.1) is 0 Å². The van der Waals surface area contributed by atoms with E-state index in [-0.39, 0.29) is 5.69 Å². The van der Waals surface area contributed by atoms with Gasteiger partial charge in [-0.3, -0.25) is 0 Å².